The van der Waals surface area contributed by atoms with Gasteiger partial charge in [0, 0.05) is 30.9 Å². The predicted molar refractivity (Wildman–Crippen MR) is 117 cm³/mol. The van der Waals surface area contributed by atoms with Gasteiger partial charge in [0.1, 0.15) is 17.6 Å². The lowest BCUT2D eigenvalue weighted by Crippen LogP contribution is -2.32. The lowest BCUT2D eigenvalue weighted by molar-refractivity contribution is -0.139. The SMILES string of the molecule is C[C@H]1Cc2cc(C(O)=C3C(=O)C(=O)N(CCCN(C)C)[C@@H]3c3ccncc3)ccc2O1. The average molecular weight is 421 g/mol. The van der Waals surface area contributed by atoms with E-state index >= 15 is 0 Å². The molecule has 0 saturated carbocycles. The fourth-order valence-corrected chi connectivity index (χ4v) is 4.29. The zero-order valence-electron chi connectivity index (χ0n) is 18.0. The number of amides is 1. The standard InChI is InChI=1S/C24H27N3O4/c1-15-13-18-14-17(5-6-19(18)31-15)22(28)20-21(16-7-9-25-10-8-16)27(24(30)23(20)29)12-4-11-26(2)3/h5-10,14-15,21,28H,4,11-13H2,1-3H3/t15-,21+/m0/s1. The number of ketones is 1. The van der Waals surface area contributed by atoms with Crippen molar-refractivity contribution < 1.29 is 19.4 Å². The van der Waals surface area contributed by atoms with Gasteiger partial charge in [0.05, 0.1) is 11.6 Å². The molecule has 2 atom stereocenters. The maximum atomic E-state index is 13.0. The minimum Gasteiger partial charge on any atom is -0.507 e. The van der Waals surface area contributed by atoms with Crippen LogP contribution in [0.25, 0.3) is 5.76 Å². The summed E-state index contributed by atoms with van der Waals surface area (Å²) in [5.74, 6) is -0.606. The number of hydrogen-bond acceptors (Lipinski definition) is 6. The first-order valence-electron chi connectivity index (χ1n) is 10.5. The van der Waals surface area contributed by atoms with Crippen LogP contribution in [-0.2, 0) is 16.0 Å². The van der Waals surface area contributed by atoms with E-state index in [2.05, 4.69) is 4.98 Å². The second-order valence-electron chi connectivity index (χ2n) is 8.38. The minimum absolute atomic E-state index is 0.0755. The molecule has 31 heavy (non-hydrogen) atoms. The molecule has 0 unspecified atom stereocenters. The molecule has 1 saturated heterocycles. The molecule has 1 fully saturated rings. The van der Waals surface area contributed by atoms with Gasteiger partial charge >= 0.3 is 0 Å². The van der Waals surface area contributed by atoms with Gasteiger partial charge in [-0.1, -0.05) is 0 Å². The van der Waals surface area contributed by atoms with Crippen LogP contribution in [0.15, 0.2) is 48.3 Å². The Labute approximate surface area is 182 Å². The van der Waals surface area contributed by atoms with Gasteiger partial charge < -0.3 is 19.6 Å². The van der Waals surface area contributed by atoms with Crippen LogP contribution >= 0.6 is 0 Å². The number of nitrogens with zero attached hydrogens (tertiary/aromatic N) is 3. The van der Waals surface area contributed by atoms with Crippen molar-refractivity contribution in [3.63, 3.8) is 0 Å². The van der Waals surface area contributed by atoms with E-state index in [9.17, 15) is 14.7 Å². The summed E-state index contributed by atoms with van der Waals surface area (Å²) in [6.07, 6.45) is 4.79. The number of hydrogen-bond donors (Lipinski definition) is 1. The quantitative estimate of drug-likeness (QED) is 0.439. The molecule has 7 heteroatoms. The number of fused-ring (bicyclic) bond motifs is 1. The molecule has 1 aromatic heterocycles. The topological polar surface area (TPSA) is 83.0 Å². The number of pyridine rings is 1. The van der Waals surface area contributed by atoms with Crippen molar-refractivity contribution >= 4 is 17.4 Å². The zero-order valence-corrected chi connectivity index (χ0v) is 18.0. The van der Waals surface area contributed by atoms with Crippen LogP contribution in [0.4, 0.5) is 0 Å². The van der Waals surface area contributed by atoms with Crippen molar-refractivity contribution in [2.75, 3.05) is 27.2 Å². The fraction of sp³-hybridized carbons (Fsp3) is 0.375. The lowest BCUT2D eigenvalue weighted by Gasteiger charge is -2.25. The number of aromatic nitrogens is 1. The maximum absolute atomic E-state index is 13.0. The molecule has 1 aromatic carbocycles. The summed E-state index contributed by atoms with van der Waals surface area (Å²) in [5, 5.41) is 11.2. The van der Waals surface area contributed by atoms with Gasteiger partial charge in [0.25, 0.3) is 11.7 Å². The van der Waals surface area contributed by atoms with Gasteiger partial charge in [-0.05, 0) is 75.4 Å². The van der Waals surface area contributed by atoms with Crippen LogP contribution in [0.3, 0.4) is 0 Å². The molecule has 0 radical (unpaired) electrons. The highest BCUT2D eigenvalue weighted by molar-refractivity contribution is 6.46. The number of aliphatic hydroxyl groups is 1. The fourth-order valence-electron chi connectivity index (χ4n) is 4.29. The van der Waals surface area contributed by atoms with Gasteiger partial charge in [-0.25, -0.2) is 0 Å². The molecule has 7 nitrogen and oxygen atoms in total. The first-order valence-corrected chi connectivity index (χ1v) is 10.5. The zero-order chi connectivity index (χ0) is 22.1. The number of carbonyl (C=O) groups is 2. The number of likely N-dealkylation sites (tertiary alicyclic amines) is 1. The highest BCUT2D eigenvalue weighted by atomic mass is 16.5. The summed E-state index contributed by atoms with van der Waals surface area (Å²) < 4.78 is 5.74. The smallest absolute Gasteiger partial charge is 0.295 e. The molecule has 2 aliphatic heterocycles. The molecule has 0 bridgehead atoms. The van der Waals surface area contributed by atoms with Crippen molar-refractivity contribution in [1.82, 2.24) is 14.8 Å². The molecular formula is C24H27N3O4. The highest BCUT2D eigenvalue weighted by Gasteiger charge is 2.45. The number of ether oxygens (including phenoxy) is 1. The van der Waals surface area contributed by atoms with Gasteiger partial charge in [-0.3, -0.25) is 14.6 Å². The van der Waals surface area contributed by atoms with Crippen LogP contribution in [0.5, 0.6) is 5.75 Å². The predicted octanol–water partition coefficient (Wildman–Crippen LogP) is 2.78. The Bertz CT molecular complexity index is 1030. The highest BCUT2D eigenvalue weighted by Crippen LogP contribution is 2.40. The lowest BCUT2D eigenvalue weighted by atomic mass is 9.95. The summed E-state index contributed by atoms with van der Waals surface area (Å²) in [6.45, 7) is 3.19. The van der Waals surface area contributed by atoms with Crippen molar-refractivity contribution in [2.24, 2.45) is 0 Å². The first kappa shape index (κ1) is 21.1. The third-order valence-corrected chi connectivity index (χ3v) is 5.74. The monoisotopic (exact) mass is 421 g/mol. The third kappa shape index (κ3) is 4.05. The summed E-state index contributed by atoms with van der Waals surface area (Å²) in [4.78, 5) is 33.6. The Morgan fingerprint density at radius 2 is 1.97 bits per heavy atom. The largest absolute Gasteiger partial charge is 0.507 e. The van der Waals surface area contributed by atoms with E-state index in [1.165, 1.54) is 0 Å². The second-order valence-corrected chi connectivity index (χ2v) is 8.38. The molecule has 2 aliphatic rings. The average Bonchev–Trinajstić information content (AvgIpc) is 3.24. The van der Waals surface area contributed by atoms with Gasteiger partial charge in [0.15, 0.2) is 0 Å². The van der Waals surface area contributed by atoms with E-state index in [0.717, 1.165) is 36.3 Å². The number of benzene rings is 1. The van der Waals surface area contributed by atoms with E-state index in [1.807, 2.05) is 38.1 Å². The first-order chi connectivity index (χ1) is 14.9. The van der Waals surface area contributed by atoms with E-state index in [-0.39, 0.29) is 17.4 Å². The summed E-state index contributed by atoms with van der Waals surface area (Å²) in [5.41, 5.74) is 2.37. The Kier molecular flexibility index (Phi) is 5.78. The van der Waals surface area contributed by atoms with Crippen LogP contribution in [0.2, 0.25) is 0 Å². The molecular weight excluding hydrogens is 394 g/mol. The molecule has 1 amide bonds. The molecule has 0 spiro atoms. The Morgan fingerprint density at radius 1 is 1.23 bits per heavy atom. The summed E-state index contributed by atoms with van der Waals surface area (Å²) in [6, 6.07) is 8.30. The number of carbonyl (C=O) groups excluding carboxylic acids is 2. The Hall–Kier alpha value is -3.19. The molecule has 4 rings (SSSR count). The van der Waals surface area contributed by atoms with Crippen LogP contribution in [0.1, 0.15) is 36.1 Å². The molecule has 3 heterocycles. The van der Waals surface area contributed by atoms with Gasteiger partial charge in [-0.15, -0.1) is 0 Å². The summed E-state index contributed by atoms with van der Waals surface area (Å²) in [7, 11) is 3.93. The van der Waals surface area contributed by atoms with Gasteiger partial charge in [-0.2, -0.15) is 0 Å². The molecule has 0 aliphatic carbocycles. The second kappa shape index (κ2) is 8.51. The normalized spacial score (nSPS) is 22.1. The minimum atomic E-state index is -0.658. The summed E-state index contributed by atoms with van der Waals surface area (Å²) >= 11 is 0. The van der Waals surface area contributed by atoms with Crippen LogP contribution in [0, 0.1) is 0 Å². The maximum Gasteiger partial charge on any atom is 0.295 e. The van der Waals surface area contributed by atoms with E-state index in [0.29, 0.717) is 12.1 Å². The van der Waals surface area contributed by atoms with Crippen molar-refractivity contribution in [3.05, 3.63) is 65.0 Å². The molecule has 162 valence electrons. The van der Waals surface area contributed by atoms with Crippen molar-refractivity contribution in [3.8, 4) is 5.75 Å². The number of Topliss-reactive ketones (excluding diaryl/α,β-unsaturated/α-hetero) is 1. The third-order valence-electron chi connectivity index (χ3n) is 5.74. The van der Waals surface area contributed by atoms with E-state index in [4.69, 9.17) is 4.74 Å². The van der Waals surface area contributed by atoms with Crippen LogP contribution < -0.4 is 4.74 Å². The van der Waals surface area contributed by atoms with Crippen LogP contribution in [-0.4, -0.2) is 64.9 Å². The Balaban J connectivity index is 1.76. The van der Waals surface area contributed by atoms with E-state index < -0.39 is 17.7 Å². The number of rotatable bonds is 6. The molecule has 1 N–H and O–H groups in total. The van der Waals surface area contributed by atoms with E-state index in [1.54, 1.807) is 35.5 Å². The Morgan fingerprint density at radius 3 is 2.68 bits per heavy atom. The van der Waals surface area contributed by atoms with Gasteiger partial charge in [0.2, 0.25) is 0 Å². The molecule has 2 aromatic rings. The number of aliphatic hydroxyl groups excluding tert-OH is 1. The van der Waals surface area contributed by atoms with Crippen molar-refractivity contribution in [1.29, 1.82) is 0 Å². The van der Waals surface area contributed by atoms with Crippen molar-refractivity contribution in [2.45, 2.75) is 31.9 Å².